The molecule has 88 valence electrons. The van der Waals surface area contributed by atoms with Crippen LogP contribution >= 0.6 is 0 Å². The molecule has 0 amide bonds. The van der Waals surface area contributed by atoms with E-state index in [9.17, 15) is 0 Å². The summed E-state index contributed by atoms with van der Waals surface area (Å²) in [6.45, 7) is 4.18. The van der Waals surface area contributed by atoms with Crippen molar-refractivity contribution in [1.82, 2.24) is 0 Å². The summed E-state index contributed by atoms with van der Waals surface area (Å²) in [5.41, 5.74) is 2.29. The molecule has 2 atom stereocenters. The molecule has 3 rings (SSSR count). The Kier molecular flexibility index (Phi) is 2.32. The van der Waals surface area contributed by atoms with Crippen LogP contribution in [0.4, 0.5) is 5.69 Å². The zero-order valence-electron chi connectivity index (χ0n) is 9.94. The van der Waals surface area contributed by atoms with Crippen LogP contribution in [0.5, 0.6) is 5.75 Å². The Bertz CT molecular complexity index is 519. The third kappa shape index (κ3) is 1.68. The van der Waals surface area contributed by atoms with Crippen molar-refractivity contribution in [2.75, 3.05) is 5.32 Å². The second-order valence-corrected chi connectivity index (χ2v) is 4.43. The zero-order chi connectivity index (χ0) is 11.8. The molecule has 2 unspecified atom stereocenters. The number of para-hydroxylation sites is 1. The standard InChI is InChI=1S/C14H15NO2/c1-9-5-3-6-11-13(9)15-10(2)14(17-11)12-7-4-8-16-12/h3-8,10,14-15H,1-2H3. The van der Waals surface area contributed by atoms with Crippen molar-refractivity contribution in [3.8, 4) is 5.75 Å². The van der Waals surface area contributed by atoms with E-state index in [-0.39, 0.29) is 12.1 Å². The van der Waals surface area contributed by atoms with Gasteiger partial charge in [0.15, 0.2) is 6.10 Å². The molecule has 17 heavy (non-hydrogen) atoms. The van der Waals surface area contributed by atoms with Gasteiger partial charge in [0.1, 0.15) is 11.5 Å². The fourth-order valence-corrected chi connectivity index (χ4v) is 2.22. The van der Waals surface area contributed by atoms with Gasteiger partial charge in [0, 0.05) is 0 Å². The van der Waals surface area contributed by atoms with E-state index in [1.54, 1.807) is 6.26 Å². The minimum Gasteiger partial charge on any atom is -0.478 e. The highest BCUT2D eigenvalue weighted by Gasteiger charge is 2.30. The first kappa shape index (κ1) is 10.3. The number of furan rings is 1. The topological polar surface area (TPSA) is 34.4 Å². The minimum absolute atomic E-state index is 0.0701. The molecule has 3 nitrogen and oxygen atoms in total. The molecule has 1 aliphatic heterocycles. The van der Waals surface area contributed by atoms with Crippen LogP contribution in [-0.4, -0.2) is 6.04 Å². The van der Waals surface area contributed by atoms with Crippen LogP contribution in [0.3, 0.4) is 0 Å². The molecule has 0 saturated carbocycles. The summed E-state index contributed by atoms with van der Waals surface area (Å²) in [6, 6.07) is 10.1. The minimum atomic E-state index is -0.0701. The largest absolute Gasteiger partial charge is 0.478 e. The van der Waals surface area contributed by atoms with Crippen LogP contribution in [0, 0.1) is 6.92 Å². The van der Waals surface area contributed by atoms with Crippen molar-refractivity contribution in [3.63, 3.8) is 0 Å². The first-order valence-electron chi connectivity index (χ1n) is 5.82. The lowest BCUT2D eigenvalue weighted by Gasteiger charge is -2.32. The van der Waals surface area contributed by atoms with Crippen LogP contribution in [-0.2, 0) is 0 Å². The van der Waals surface area contributed by atoms with Gasteiger partial charge in [-0.25, -0.2) is 0 Å². The SMILES string of the molecule is Cc1cccc2c1NC(C)C(c1ccco1)O2. The van der Waals surface area contributed by atoms with E-state index in [4.69, 9.17) is 9.15 Å². The second-order valence-electron chi connectivity index (χ2n) is 4.43. The molecule has 0 aliphatic carbocycles. The maximum atomic E-state index is 6.01. The number of hydrogen-bond acceptors (Lipinski definition) is 3. The first-order chi connectivity index (χ1) is 8.25. The van der Waals surface area contributed by atoms with Gasteiger partial charge >= 0.3 is 0 Å². The lowest BCUT2D eigenvalue weighted by atomic mass is 10.1. The van der Waals surface area contributed by atoms with Gasteiger partial charge < -0.3 is 14.5 Å². The molecule has 1 aromatic carbocycles. The van der Waals surface area contributed by atoms with E-state index < -0.39 is 0 Å². The number of benzene rings is 1. The van der Waals surface area contributed by atoms with Gasteiger partial charge in [0.05, 0.1) is 18.0 Å². The van der Waals surface area contributed by atoms with Gasteiger partial charge in [-0.2, -0.15) is 0 Å². The molecule has 1 aromatic heterocycles. The average molecular weight is 229 g/mol. The number of hydrogen-bond donors (Lipinski definition) is 1. The predicted molar refractivity (Wildman–Crippen MR) is 66.3 cm³/mol. The number of aryl methyl sites for hydroxylation is 1. The monoisotopic (exact) mass is 229 g/mol. The normalized spacial score (nSPS) is 22.5. The van der Waals surface area contributed by atoms with Gasteiger partial charge in [-0.15, -0.1) is 0 Å². The van der Waals surface area contributed by atoms with Crippen molar-refractivity contribution in [3.05, 3.63) is 47.9 Å². The molecule has 1 N–H and O–H groups in total. The smallest absolute Gasteiger partial charge is 0.176 e. The molecule has 0 saturated heterocycles. The van der Waals surface area contributed by atoms with Gasteiger partial charge in [-0.05, 0) is 37.6 Å². The summed E-state index contributed by atoms with van der Waals surface area (Å²) in [7, 11) is 0. The van der Waals surface area contributed by atoms with Crippen molar-refractivity contribution >= 4 is 5.69 Å². The first-order valence-corrected chi connectivity index (χ1v) is 5.82. The lowest BCUT2D eigenvalue weighted by molar-refractivity contribution is 0.150. The van der Waals surface area contributed by atoms with Gasteiger partial charge in [-0.3, -0.25) is 0 Å². The average Bonchev–Trinajstić information content (AvgIpc) is 2.83. The third-order valence-corrected chi connectivity index (χ3v) is 3.14. The Balaban J connectivity index is 1.98. The third-order valence-electron chi connectivity index (χ3n) is 3.14. The van der Waals surface area contributed by atoms with Crippen molar-refractivity contribution in [2.45, 2.75) is 26.0 Å². The van der Waals surface area contributed by atoms with Gasteiger partial charge in [-0.1, -0.05) is 12.1 Å². The molecule has 0 bridgehead atoms. The van der Waals surface area contributed by atoms with E-state index in [0.29, 0.717) is 0 Å². The number of anilines is 1. The predicted octanol–water partition coefficient (Wildman–Crippen LogP) is 3.52. The fourth-order valence-electron chi connectivity index (χ4n) is 2.22. The van der Waals surface area contributed by atoms with E-state index >= 15 is 0 Å². The van der Waals surface area contributed by atoms with Crippen molar-refractivity contribution in [2.24, 2.45) is 0 Å². The second kappa shape index (κ2) is 3.84. The highest BCUT2D eigenvalue weighted by Crippen LogP contribution is 2.39. The molecule has 0 spiro atoms. The highest BCUT2D eigenvalue weighted by molar-refractivity contribution is 5.63. The maximum Gasteiger partial charge on any atom is 0.176 e. The summed E-state index contributed by atoms with van der Waals surface area (Å²) in [5.74, 6) is 1.75. The molecule has 1 aliphatic rings. The molecular weight excluding hydrogens is 214 g/mol. The Morgan fingerprint density at radius 2 is 2.06 bits per heavy atom. The Labute approximate surface area is 100 Å². The quantitative estimate of drug-likeness (QED) is 0.812. The lowest BCUT2D eigenvalue weighted by Crippen LogP contribution is -2.32. The van der Waals surface area contributed by atoms with Crippen molar-refractivity contribution < 1.29 is 9.15 Å². The van der Waals surface area contributed by atoms with Crippen LogP contribution in [0.15, 0.2) is 41.0 Å². The molecule has 2 heterocycles. The van der Waals surface area contributed by atoms with Gasteiger partial charge in [0.25, 0.3) is 0 Å². The number of fused-ring (bicyclic) bond motifs is 1. The van der Waals surface area contributed by atoms with Crippen LogP contribution in [0.2, 0.25) is 0 Å². The van der Waals surface area contributed by atoms with E-state index in [1.807, 2.05) is 24.3 Å². The van der Waals surface area contributed by atoms with Gasteiger partial charge in [0.2, 0.25) is 0 Å². The van der Waals surface area contributed by atoms with E-state index in [0.717, 1.165) is 17.2 Å². The summed E-state index contributed by atoms with van der Waals surface area (Å²) in [5, 5.41) is 3.48. The van der Waals surface area contributed by atoms with E-state index in [1.165, 1.54) is 5.56 Å². The van der Waals surface area contributed by atoms with Crippen LogP contribution in [0.25, 0.3) is 0 Å². The Hall–Kier alpha value is -1.90. The summed E-state index contributed by atoms with van der Waals surface area (Å²) in [4.78, 5) is 0. The summed E-state index contributed by atoms with van der Waals surface area (Å²) >= 11 is 0. The molecule has 0 fully saturated rings. The van der Waals surface area contributed by atoms with Crippen LogP contribution in [0.1, 0.15) is 24.4 Å². The van der Waals surface area contributed by atoms with Crippen molar-refractivity contribution in [1.29, 1.82) is 0 Å². The number of ether oxygens (including phenoxy) is 1. The number of nitrogens with one attached hydrogen (secondary N) is 1. The Morgan fingerprint density at radius 3 is 2.82 bits per heavy atom. The van der Waals surface area contributed by atoms with Crippen LogP contribution < -0.4 is 10.1 Å². The summed E-state index contributed by atoms with van der Waals surface area (Å²) in [6.07, 6.45) is 1.61. The molecule has 3 heteroatoms. The zero-order valence-corrected chi connectivity index (χ0v) is 9.94. The molecular formula is C14H15NO2. The highest BCUT2D eigenvalue weighted by atomic mass is 16.5. The molecule has 0 radical (unpaired) electrons. The Morgan fingerprint density at radius 1 is 1.18 bits per heavy atom. The number of rotatable bonds is 1. The van der Waals surface area contributed by atoms with E-state index in [2.05, 4.69) is 25.2 Å². The molecule has 2 aromatic rings. The summed E-state index contributed by atoms with van der Waals surface area (Å²) < 4.78 is 11.4. The maximum absolute atomic E-state index is 6.01. The fraction of sp³-hybridized carbons (Fsp3) is 0.286.